The molecule has 0 aliphatic carbocycles. The van der Waals surface area contributed by atoms with Crippen molar-refractivity contribution in [2.75, 3.05) is 19.6 Å². The predicted molar refractivity (Wildman–Crippen MR) is 106 cm³/mol. The van der Waals surface area contributed by atoms with E-state index in [0.29, 0.717) is 25.9 Å². The number of hydrogen-bond donors (Lipinski definition) is 4. The first-order valence-corrected chi connectivity index (χ1v) is 10.1. The number of aliphatic hydroxyl groups is 1. The Hall–Kier alpha value is -2.45. The third-order valence-corrected chi connectivity index (χ3v) is 6.08. The summed E-state index contributed by atoms with van der Waals surface area (Å²) in [5, 5.41) is 24.8. The number of carbonyl (C=O) groups is 3. The van der Waals surface area contributed by atoms with Gasteiger partial charge in [-0.15, -0.1) is 0 Å². The first-order chi connectivity index (χ1) is 13.8. The molecule has 29 heavy (non-hydrogen) atoms. The summed E-state index contributed by atoms with van der Waals surface area (Å²) in [4.78, 5) is 39.2. The highest BCUT2D eigenvalue weighted by Gasteiger charge is 2.45. The number of aliphatic carboxylic acids is 1. The summed E-state index contributed by atoms with van der Waals surface area (Å²) < 4.78 is 0. The summed E-state index contributed by atoms with van der Waals surface area (Å²) >= 11 is 0. The van der Waals surface area contributed by atoms with Gasteiger partial charge in [0, 0.05) is 13.1 Å². The van der Waals surface area contributed by atoms with Gasteiger partial charge in [-0.2, -0.15) is 0 Å². The van der Waals surface area contributed by atoms with Gasteiger partial charge in [-0.05, 0) is 44.7 Å². The van der Waals surface area contributed by atoms with E-state index in [2.05, 4.69) is 10.6 Å². The average molecular weight is 403 g/mol. The second-order valence-electron chi connectivity index (χ2n) is 7.95. The molecule has 2 fully saturated rings. The van der Waals surface area contributed by atoms with Crippen molar-refractivity contribution < 1.29 is 24.6 Å². The molecule has 0 spiro atoms. The van der Waals surface area contributed by atoms with E-state index in [-0.39, 0.29) is 11.9 Å². The first-order valence-electron chi connectivity index (χ1n) is 10.1. The number of carbonyl (C=O) groups excluding carboxylic acids is 2. The molecule has 2 amide bonds. The Morgan fingerprint density at radius 3 is 2.38 bits per heavy atom. The summed E-state index contributed by atoms with van der Waals surface area (Å²) in [5.41, 5.74) is -0.151. The molecule has 0 radical (unpaired) electrons. The Labute approximate surface area is 170 Å². The van der Waals surface area contributed by atoms with Gasteiger partial charge in [-0.1, -0.05) is 30.3 Å². The van der Waals surface area contributed by atoms with Gasteiger partial charge in [0.15, 0.2) is 6.04 Å². The number of benzene rings is 1. The molecular formula is C21H29N3O5. The molecule has 3 atom stereocenters. The maximum Gasteiger partial charge on any atom is 0.328 e. The molecule has 0 bridgehead atoms. The summed E-state index contributed by atoms with van der Waals surface area (Å²) in [6.07, 6.45) is 1.38. The Bertz CT molecular complexity index is 738. The first kappa shape index (κ1) is 21.3. The normalized spacial score (nSPS) is 23.2. The van der Waals surface area contributed by atoms with E-state index in [1.165, 1.54) is 6.92 Å². The van der Waals surface area contributed by atoms with Gasteiger partial charge in [-0.25, -0.2) is 4.79 Å². The second kappa shape index (κ2) is 8.92. The number of carboxylic acid groups (broad SMARTS) is 1. The van der Waals surface area contributed by atoms with E-state index in [9.17, 15) is 24.6 Å². The number of likely N-dealkylation sites (tertiary alicyclic amines) is 1. The van der Waals surface area contributed by atoms with Crippen LogP contribution >= 0.6 is 0 Å². The molecule has 0 aromatic heterocycles. The standard InChI is InChI=1S/C21H29N3O5/c1-14(25)17(19(27)28)23-20(29)21(15-6-3-2-4-7-15)9-12-24(13-10-21)18(26)16-8-5-11-22-16/h2-4,6-7,14,16-17,22,25H,5,8-13H2,1H3,(H,23,29)(H,27,28). The minimum atomic E-state index is -1.38. The van der Waals surface area contributed by atoms with Crippen LogP contribution in [0.15, 0.2) is 30.3 Å². The van der Waals surface area contributed by atoms with Crippen molar-refractivity contribution in [3.05, 3.63) is 35.9 Å². The monoisotopic (exact) mass is 403 g/mol. The lowest BCUT2D eigenvalue weighted by molar-refractivity contribution is -0.146. The summed E-state index contributed by atoms with van der Waals surface area (Å²) in [5.74, 6) is -1.64. The van der Waals surface area contributed by atoms with Gasteiger partial charge in [-0.3, -0.25) is 9.59 Å². The van der Waals surface area contributed by atoms with Gasteiger partial charge in [0.05, 0.1) is 17.6 Å². The Morgan fingerprint density at radius 1 is 1.21 bits per heavy atom. The fraction of sp³-hybridized carbons (Fsp3) is 0.571. The molecule has 4 N–H and O–H groups in total. The highest BCUT2D eigenvalue weighted by Crippen LogP contribution is 2.36. The van der Waals surface area contributed by atoms with Crippen LogP contribution in [0.2, 0.25) is 0 Å². The Morgan fingerprint density at radius 2 is 1.86 bits per heavy atom. The van der Waals surface area contributed by atoms with Crippen LogP contribution in [-0.4, -0.2) is 70.7 Å². The van der Waals surface area contributed by atoms with Crippen LogP contribution in [0.1, 0.15) is 38.2 Å². The lowest BCUT2D eigenvalue weighted by Gasteiger charge is -2.42. The zero-order valence-electron chi connectivity index (χ0n) is 16.6. The number of hydrogen-bond acceptors (Lipinski definition) is 5. The molecule has 1 aromatic carbocycles. The molecule has 3 rings (SSSR count). The molecule has 2 aliphatic heterocycles. The molecule has 2 saturated heterocycles. The number of rotatable bonds is 6. The van der Waals surface area contributed by atoms with Gasteiger partial charge >= 0.3 is 5.97 Å². The van der Waals surface area contributed by atoms with E-state index in [1.54, 1.807) is 4.90 Å². The minimum Gasteiger partial charge on any atom is -0.480 e. The molecule has 2 aliphatic rings. The fourth-order valence-electron chi connectivity index (χ4n) is 4.30. The number of carboxylic acids is 1. The van der Waals surface area contributed by atoms with Crippen LogP contribution < -0.4 is 10.6 Å². The third kappa shape index (κ3) is 4.43. The van der Waals surface area contributed by atoms with Crippen molar-refractivity contribution in [3.8, 4) is 0 Å². The van der Waals surface area contributed by atoms with Gasteiger partial charge < -0.3 is 25.7 Å². The maximum atomic E-state index is 13.3. The van der Waals surface area contributed by atoms with Crippen molar-refractivity contribution >= 4 is 17.8 Å². The quantitative estimate of drug-likeness (QED) is 0.541. The van der Waals surface area contributed by atoms with Crippen molar-refractivity contribution in [1.29, 1.82) is 0 Å². The van der Waals surface area contributed by atoms with Crippen molar-refractivity contribution in [2.45, 2.75) is 56.2 Å². The van der Waals surface area contributed by atoms with Gasteiger partial charge in [0.2, 0.25) is 11.8 Å². The van der Waals surface area contributed by atoms with Crippen LogP contribution in [0.25, 0.3) is 0 Å². The Kier molecular flexibility index (Phi) is 6.54. The molecule has 2 heterocycles. The average Bonchev–Trinajstić information content (AvgIpc) is 3.26. The van der Waals surface area contributed by atoms with Crippen LogP contribution in [0.4, 0.5) is 0 Å². The number of piperidine rings is 1. The second-order valence-corrected chi connectivity index (χ2v) is 7.95. The highest BCUT2D eigenvalue weighted by molar-refractivity contribution is 5.92. The fourth-order valence-corrected chi connectivity index (χ4v) is 4.30. The summed E-state index contributed by atoms with van der Waals surface area (Å²) in [6, 6.07) is 7.71. The maximum absolute atomic E-state index is 13.3. The number of nitrogens with one attached hydrogen (secondary N) is 2. The molecule has 1 aromatic rings. The molecule has 0 saturated carbocycles. The Balaban J connectivity index is 1.80. The van der Waals surface area contributed by atoms with Gasteiger partial charge in [0.1, 0.15) is 0 Å². The lowest BCUT2D eigenvalue weighted by Crippen LogP contribution is -2.58. The number of nitrogens with zero attached hydrogens (tertiary/aromatic N) is 1. The zero-order valence-corrected chi connectivity index (χ0v) is 16.6. The SMILES string of the molecule is CC(O)C(NC(=O)C1(c2ccccc2)CCN(C(=O)C2CCCN2)CC1)C(=O)O. The van der Waals surface area contributed by atoms with Gasteiger partial charge in [0.25, 0.3) is 0 Å². The highest BCUT2D eigenvalue weighted by atomic mass is 16.4. The summed E-state index contributed by atoms with van der Waals surface area (Å²) in [6.45, 7) is 3.03. The molecule has 3 unspecified atom stereocenters. The topological polar surface area (TPSA) is 119 Å². The van der Waals surface area contributed by atoms with E-state index in [4.69, 9.17) is 0 Å². The number of amides is 2. The van der Waals surface area contributed by atoms with E-state index >= 15 is 0 Å². The van der Waals surface area contributed by atoms with Crippen LogP contribution in [-0.2, 0) is 19.8 Å². The van der Waals surface area contributed by atoms with E-state index in [0.717, 1.165) is 24.9 Å². The van der Waals surface area contributed by atoms with Crippen molar-refractivity contribution in [3.63, 3.8) is 0 Å². The van der Waals surface area contributed by atoms with Crippen LogP contribution in [0.5, 0.6) is 0 Å². The predicted octanol–water partition coefficient (Wildman–Crippen LogP) is 0.249. The molecule has 8 heteroatoms. The molecular weight excluding hydrogens is 374 g/mol. The molecule has 8 nitrogen and oxygen atoms in total. The smallest absolute Gasteiger partial charge is 0.328 e. The van der Waals surface area contributed by atoms with Crippen LogP contribution in [0.3, 0.4) is 0 Å². The zero-order chi connectivity index (χ0) is 21.0. The lowest BCUT2D eigenvalue weighted by atomic mass is 9.71. The van der Waals surface area contributed by atoms with Crippen LogP contribution in [0, 0.1) is 0 Å². The van der Waals surface area contributed by atoms with Crippen molar-refractivity contribution in [2.24, 2.45) is 0 Å². The number of aliphatic hydroxyl groups excluding tert-OH is 1. The van der Waals surface area contributed by atoms with E-state index in [1.807, 2.05) is 30.3 Å². The third-order valence-electron chi connectivity index (χ3n) is 6.08. The largest absolute Gasteiger partial charge is 0.480 e. The van der Waals surface area contributed by atoms with E-state index < -0.39 is 29.4 Å². The van der Waals surface area contributed by atoms with Crippen molar-refractivity contribution in [1.82, 2.24) is 15.5 Å². The molecule has 158 valence electrons. The summed E-state index contributed by atoms with van der Waals surface area (Å²) in [7, 11) is 0. The minimum absolute atomic E-state index is 0.0666.